The van der Waals surface area contributed by atoms with Crippen LogP contribution in [0.25, 0.3) is 6.08 Å². The Morgan fingerprint density at radius 2 is 2.00 bits per heavy atom. The summed E-state index contributed by atoms with van der Waals surface area (Å²) in [6.07, 6.45) is 4.54. The highest BCUT2D eigenvalue weighted by Gasteiger charge is 2.16. The maximum Gasteiger partial charge on any atom is 0.274 e. The van der Waals surface area contributed by atoms with E-state index in [0.29, 0.717) is 16.5 Å². The van der Waals surface area contributed by atoms with Crippen LogP contribution in [0.1, 0.15) is 21.7 Å². The summed E-state index contributed by atoms with van der Waals surface area (Å²) in [7, 11) is 0. The van der Waals surface area contributed by atoms with E-state index < -0.39 is 5.91 Å². The number of benzene rings is 1. The Kier molecular flexibility index (Phi) is 5.06. The number of aryl methyl sites for hydroxylation is 1. The highest BCUT2D eigenvalue weighted by atomic mass is 32.1. The van der Waals surface area contributed by atoms with Crippen LogP contribution in [-0.2, 0) is 4.79 Å². The Morgan fingerprint density at radius 1 is 1.20 bits per heavy atom. The van der Waals surface area contributed by atoms with Crippen LogP contribution >= 0.6 is 11.3 Å². The second-order valence-electron chi connectivity index (χ2n) is 5.18. The van der Waals surface area contributed by atoms with E-state index in [1.54, 1.807) is 35.8 Å². The summed E-state index contributed by atoms with van der Waals surface area (Å²) in [4.78, 5) is 28.9. The zero-order chi connectivity index (χ0) is 17.6. The number of nitrogens with one attached hydrogen (secondary N) is 2. The van der Waals surface area contributed by atoms with E-state index >= 15 is 0 Å². The summed E-state index contributed by atoms with van der Waals surface area (Å²) in [5.74, 6) is -0.410. The van der Waals surface area contributed by atoms with Crippen LogP contribution in [0.3, 0.4) is 0 Å². The van der Waals surface area contributed by atoms with E-state index in [1.165, 1.54) is 23.7 Å². The zero-order valence-electron chi connectivity index (χ0n) is 13.4. The van der Waals surface area contributed by atoms with Gasteiger partial charge in [0.2, 0.25) is 0 Å². The molecule has 3 rings (SSSR count). The normalized spacial score (nSPS) is 11.2. The molecule has 0 aliphatic heterocycles. The van der Waals surface area contributed by atoms with Crippen molar-refractivity contribution in [1.29, 1.82) is 0 Å². The molecule has 126 valence electrons. The third-order valence-electron chi connectivity index (χ3n) is 3.29. The number of thiazole rings is 1. The molecule has 0 atom stereocenters. The fraction of sp³-hybridized carbons (Fsp3) is 0.0556. The number of furan rings is 1. The highest BCUT2D eigenvalue weighted by Crippen LogP contribution is 2.13. The predicted molar refractivity (Wildman–Crippen MR) is 96.1 cm³/mol. The van der Waals surface area contributed by atoms with Crippen molar-refractivity contribution in [3.63, 3.8) is 0 Å². The number of hydrogen-bond acceptors (Lipinski definition) is 5. The lowest BCUT2D eigenvalue weighted by Crippen LogP contribution is -2.30. The first-order valence-electron chi connectivity index (χ1n) is 7.46. The first-order chi connectivity index (χ1) is 12.1. The molecule has 0 radical (unpaired) electrons. The van der Waals surface area contributed by atoms with Crippen molar-refractivity contribution in [3.05, 3.63) is 76.8 Å². The summed E-state index contributed by atoms with van der Waals surface area (Å²) < 4.78 is 5.23. The summed E-state index contributed by atoms with van der Waals surface area (Å²) in [5, 5.41) is 7.47. The minimum Gasteiger partial charge on any atom is -0.465 e. The second kappa shape index (κ2) is 7.59. The van der Waals surface area contributed by atoms with Gasteiger partial charge >= 0.3 is 0 Å². The van der Waals surface area contributed by atoms with Crippen LogP contribution < -0.4 is 10.6 Å². The number of carbonyl (C=O) groups is 2. The first-order valence-corrected chi connectivity index (χ1v) is 8.34. The van der Waals surface area contributed by atoms with Crippen molar-refractivity contribution in [2.75, 3.05) is 5.32 Å². The molecule has 2 aromatic heterocycles. The molecule has 0 aliphatic rings. The Bertz CT molecular complexity index is 882. The molecule has 7 heteroatoms. The fourth-order valence-corrected chi connectivity index (χ4v) is 2.55. The molecular formula is C18H15N3O3S. The monoisotopic (exact) mass is 353 g/mol. The van der Waals surface area contributed by atoms with Gasteiger partial charge in [0.05, 0.1) is 6.26 Å². The van der Waals surface area contributed by atoms with Crippen molar-refractivity contribution in [3.8, 4) is 0 Å². The minimum absolute atomic E-state index is 0.0655. The topological polar surface area (TPSA) is 84.2 Å². The zero-order valence-corrected chi connectivity index (χ0v) is 14.2. The van der Waals surface area contributed by atoms with Crippen molar-refractivity contribution in [1.82, 2.24) is 10.3 Å². The Balaban J connectivity index is 1.82. The van der Waals surface area contributed by atoms with E-state index in [4.69, 9.17) is 4.42 Å². The van der Waals surface area contributed by atoms with Gasteiger partial charge in [0.25, 0.3) is 11.8 Å². The van der Waals surface area contributed by atoms with Crippen molar-refractivity contribution < 1.29 is 14.0 Å². The van der Waals surface area contributed by atoms with Crippen LogP contribution in [0, 0.1) is 6.92 Å². The summed E-state index contributed by atoms with van der Waals surface area (Å²) in [6, 6.07) is 10.5. The molecule has 2 amide bonds. The smallest absolute Gasteiger partial charge is 0.274 e. The molecule has 3 aromatic rings. The molecule has 0 unspecified atom stereocenters. The van der Waals surface area contributed by atoms with Crippen molar-refractivity contribution in [2.45, 2.75) is 6.92 Å². The van der Waals surface area contributed by atoms with E-state index in [2.05, 4.69) is 15.6 Å². The van der Waals surface area contributed by atoms with Crippen LogP contribution in [0.2, 0.25) is 0 Å². The molecule has 0 saturated carbocycles. The molecule has 0 fully saturated rings. The largest absolute Gasteiger partial charge is 0.465 e. The van der Waals surface area contributed by atoms with Crippen molar-refractivity contribution in [2.24, 2.45) is 0 Å². The summed E-state index contributed by atoms with van der Waals surface area (Å²) in [6.45, 7) is 1.94. The molecule has 0 saturated heterocycles. The SMILES string of the molecule is Cc1ccc(C(=O)N/C(=C/c2ccco2)C(=O)Nc2nccs2)cc1. The van der Waals surface area contributed by atoms with Crippen LogP contribution in [-0.4, -0.2) is 16.8 Å². The maximum absolute atomic E-state index is 12.5. The quantitative estimate of drug-likeness (QED) is 0.688. The number of carbonyl (C=O) groups excluding carboxylic acids is 2. The van der Waals surface area contributed by atoms with Crippen LogP contribution in [0.5, 0.6) is 0 Å². The van der Waals surface area contributed by atoms with Gasteiger partial charge in [-0.15, -0.1) is 11.3 Å². The van der Waals surface area contributed by atoms with Gasteiger partial charge in [0.1, 0.15) is 11.5 Å². The molecular weight excluding hydrogens is 338 g/mol. The second-order valence-corrected chi connectivity index (χ2v) is 6.08. The fourth-order valence-electron chi connectivity index (χ4n) is 2.02. The Morgan fingerprint density at radius 3 is 2.64 bits per heavy atom. The Hall–Kier alpha value is -3.19. The standard InChI is InChI=1S/C18H15N3O3S/c1-12-4-6-13(7-5-12)16(22)20-15(11-14-3-2-9-24-14)17(23)21-18-19-8-10-25-18/h2-11H,1H3,(H,20,22)(H,19,21,23)/b15-11+. The highest BCUT2D eigenvalue weighted by molar-refractivity contribution is 7.13. The van der Waals surface area contributed by atoms with E-state index in [0.717, 1.165) is 5.56 Å². The number of anilines is 1. The number of aromatic nitrogens is 1. The first kappa shape index (κ1) is 16.7. The number of nitrogens with zero attached hydrogens (tertiary/aromatic N) is 1. The minimum atomic E-state index is -0.480. The van der Waals surface area contributed by atoms with Crippen LogP contribution in [0.15, 0.2) is 64.4 Å². The molecule has 0 bridgehead atoms. The van der Waals surface area contributed by atoms with Gasteiger partial charge < -0.3 is 9.73 Å². The van der Waals surface area contributed by atoms with Gasteiger partial charge in [0.15, 0.2) is 5.13 Å². The van der Waals surface area contributed by atoms with Crippen LogP contribution in [0.4, 0.5) is 5.13 Å². The number of rotatable bonds is 5. The van der Waals surface area contributed by atoms with E-state index in [1.807, 2.05) is 19.1 Å². The average Bonchev–Trinajstić information content (AvgIpc) is 3.28. The third-order valence-corrected chi connectivity index (χ3v) is 3.98. The number of amides is 2. The number of hydrogen-bond donors (Lipinski definition) is 2. The molecule has 0 spiro atoms. The summed E-state index contributed by atoms with van der Waals surface area (Å²) in [5.41, 5.74) is 1.57. The summed E-state index contributed by atoms with van der Waals surface area (Å²) >= 11 is 1.29. The third kappa shape index (κ3) is 4.42. The van der Waals surface area contributed by atoms with E-state index in [-0.39, 0.29) is 11.6 Å². The molecule has 6 nitrogen and oxygen atoms in total. The van der Waals surface area contributed by atoms with Gasteiger partial charge in [-0.05, 0) is 31.2 Å². The van der Waals surface area contributed by atoms with Gasteiger partial charge in [-0.2, -0.15) is 0 Å². The molecule has 2 N–H and O–H groups in total. The van der Waals surface area contributed by atoms with Gasteiger partial charge in [-0.3, -0.25) is 14.9 Å². The van der Waals surface area contributed by atoms with Gasteiger partial charge in [-0.1, -0.05) is 17.7 Å². The molecule has 1 aromatic carbocycles. The molecule has 0 aliphatic carbocycles. The molecule has 25 heavy (non-hydrogen) atoms. The Labute approximate surface area is 148 Å². The van der Waals surface area contributed by atoms with Gasteiger partial charge in [0, 0.05) is 23.2 Å². The lowest BCUT2D eigenvalue weighted by Gasteiger charge is -2.09. The molecule has 2 heterocycles. The average molecular weight is 353 g/mol. The maximum atomic E-state index is 12.5. The predicted octanol–water partition coefficient (Wildman–Crippen LogP) is 3.45. The van der Waals surface area contributed by atoms with Crippen molar-refractivity contribution >= 4 is 34.4 Å². The lowest BCUT2D eigenvalue weighted by atomic mass is 10.1. The van der Waals surface area contributed by atoms with E-state index in [9.17, 15) is 9.59 Å². The lowest BCUT2D eigenvalue weighted by molar-refractivity contribution is -0.113. The van der Waals surface area contributed by atoms with Gasteiger partial charge in [-0.25, -0.2) is 4.98 Å².